The molecule has 2 aromatic heterocycles. The number of carbonyl (C=O) groups excluding carboxylic acids is 2. The van der Waals surface area contributed by atoms with E-state index in [2.05, 4.69) is 20.6 Å². The minimum absolute atomic E-state index is 0.0434. The lowest BCUT2D eigenvalue weighted by Gasteiger charge is -2.37. The minimum atomic E-state index is -1.16. The molecular formula is C48H46N8O10. The van der Waals surface area contributed by atoms with Gasteiger partial charge in [0.15, 0.2) is 0 Å². The molecule has 7 rings (SSSR count). The van der Waals surface area contributed by atoms with E-state index in [1.165, 1.54) is 4.57 Å². The molecular weight excluding hydrogens is 849 g/mol. The zero-order valence-electron chi connectivity index (χ0n) is 36.2. The average Bonchev–Trinajstić information content (AvgIpc) is 3.87. The number of aromatic nitrogens is 3. The van der Waals surface area contributed by atoms with Crippen LogP contribution in [0.15, 0.2) is 125 Å². The van der Waals surface area contributed by atoms with Gasteiger partial charge in [-0.05, 0) is 59.2 Å². The van der Waals surface area contributed by atoms with Crippen LogP contribution in [0.3, 0.4) is 0 Å². The molecule has 1 aliphatic rings. The van der Waals surface area contributed by atoms with Gasteiger partial charge in [-0.1, -0.05) is 66.7 Å². The molecule has 3 N–H and O–H groups in total. The largest absolute Gasteiger partial charge is 0.497 e. The second-order valence-corrected chi connectivity index (χ2v) is 14.9. The van der Waals surface area contributed by atoms with Crippen molar-refractivity contribution in [2.75, 3.05) is 34.0 Å². The zero-order chi connectivity index (χ0) is 46.6. The molecule has 0 unspecified atom stereocenters. The fourth-order valence-corrected chi connectivity index (χ4v) is 7.60. The van der Waals surface area contributed by atoms with E-state index in [0.29, 0.717) is 39.5 Å². The molecule has 0 aliphatic carbocycles. The van der Waals surface area contributed by atoms with Crippen molar-refractivity contribution in [2.24, 2.45) is 12.0 Å². The van der Waals surface area contributed by atoms with Gasteiger partial charge >= 0.3 is 17.9 Å². The van der Waals surface area contributed by atoms with Gasteiger partial charge in [0, 0.05) is 30.6 Å². The Labute approximate surface area is 379 Å². The van der Waals surface area contributed by atoms with E-state index in [1.54, 1.807) is 56.3 Å². The van der Waals surface area contributed by atoms with Crippen LogP contribution in [0, 0.1) is 22.7 Å². The molecule has 3 atom stereocenters. The molecule has 18 heteroatoms. The lowest BCUT2D eigenvalue weighted by Crippen LogP contribution is -2.44. The van der Waals surface area contributed by atoms with Crippen molar-refractivity contribution in [3.05, 3.63) is 143 Å². The Morgan fingerprint density at radius 1 is 0.848 bits per heavy atom. The van der Waals surface area contributed by atoms with E-state index < -0.39 is 41.9 Å². The molecule has 0 spiro atoms. The van der Waals surface area contributed by atoms with Gasteiger partial charge < -0.3 is 38.1 Å². The Kier molecular flexibility index (Phi) is 14.7. The Hall–Kier alpha value is -8.03. The monoisotopic (exact) mass is 894 g/mol. The van der Waals surface area contributed by atoms with Gasteiger partial charge in [-0.3, -0.25) is 15.2 Å². The number of alkyl carbamates (subject to hydrolysis) is 2. The molecule has 0 bridgehead atoms. The number of aryl methyl sites for hydroxylation is 1. The molecule has 18 nitrogen and oxygen atoms in total. The van der Waals surface area contributed by atoms with Crippen LogP contribution in [0.2, 0.25) is 0 Å². The molecule has 338 valence electrons. The smallest absolute Gasteiger partial charge is 0.414 e. The number of nitrogens with one attached hydrogen (secondary N) is 2. The highest BCUT2D eigenvalue weighted by atomic mass is 16.6. The summed E-state index contributed by atoms with van der Waals surface area (Å²) in [6.07, 6.45) is -3.01. The van der Waals surface area contributed by atoms with Crippen molar-refractivity contribution in [2.45, 2.75) is 43.3 Å². The Bertz CT molecular complexity index is 2750. The summed E-state index contributed by atoms with van der Waals surface area (Å²) in [6.45, 7) is -0.431. The molecule has 1 saturated heterocycles. The molecule has 1 aliphatic heterocycles. The van der Waals surface area contributed by atoms with Gasteiger partial charge in [-0.15, -0.1) is 0 Å². The van der Waals surface area contributed by atoms with E-state index in [9.17, 15) is 19.5 Å². The standard InChI is InChI=1S/C48H46N8O10/c1-55-39(31-10-7-13-36(26-31)51-44(53-46(59)63-24-8-22-49)54-47(60)64-25-9-23-50)27-32-29-56(45(58)52-43(32)55)42-28-40(57)41(66-42)30-65-48(33-11-5-4-6-12-33,34-14-18-37(61-2)19-15-34)35-16-20-38(62-3)21-17-35/h4-7,10-21,26-27,29,40-42,57H,8-9,24-25,28,30H2,1-3H3,(H2,51,53,54,59,60)/t40-,41+,42+/m0/s1. The summed E-state index contributed by atoms with van der Waals surface area (Å²) < 4.78 is 37.4. The first-order chi connectivity index (χ1) is 32.1. The van der Waals surface area contributed by atoms with E-state index in [-0.39, 0.29) is 45.0 Å². The van der Waals surface area contributed by atoms with Gasteiger partial charge in [0.05, 0.1) is 63.3 Å². The van der Waals surface area contributed by atoms with E-state index in [0.717, 1.165) is 16.7 Å². The van der Waals surface area contributed by atoms with Gasteiger partial charge in [0.1, 0.15) is 48.3 Å². The number of benzene rings is 4. The van der Waals surface area contributed by atoms with Gasteiger partial charge in [0.2, 0.25) is 5.96 Å². The predicted molar refractivity (Wildman–Crippen MR) is 240 cm³/mol. The third-order valence-corrected chi connectivity index (χ3v) is 10.8. The minimum Gasteiger partial charge on any atom is -0.497 e. The van der Waals surface area contributed by atoms with Gasteiger partial charge in [-0.25, -0.2) is 19.4 Å². The van der Waals surface area contributed by atoms with Gasteiger partial charge in [-0.2, -0.15) is 15.5 Å². The topological polar surface area (TPSA) is 234 Å². The highest BCUT2D eigenvalue weighted by Crippen LogP contribution is 2.43. The van der Waals surface area contributed by atoms with E-state index >= 15 is 0 Å². The van der Waals surface area contributed by atoms with Crippen LogP contribution in [0.5, 0.6) is 11.5 Å². The first kappa shape index (κ1) is 46.0. The summed E-state index contributed by atoms with van der Waals surface area (Å²) in [6, 6.07) is 37.3. The summed E-state index contributed by atoms with van der Waals surface area (Å²) >= 11 is 0. The second kappa shape index (κ2) is 21.1. The zero-order valence-corrected chi connectivity index (χ0v) is 36.2. The highest BCUT2D eigenvalue weighted by Gasteiger charge is 2.42. The van der Waals surface area contributed by atoms with Crippen LogP contribution in [0.25, 0.3) is 22.3 Å². The summed E-state index contributed by atoms with van der Waals surface area (Å²) in [5, 5.41) is 34.3. The number of guanidine groups is 1. The van der Waals surface area contributed by atoms with E-state index in [4.69, 9.17) is 38.9 Å². The third-order valence-electron chi connectivity index (χ3n) is 10.8. The fraction of sp³-hybridized carbons (Fsp3) is 0.271. The van der Waals surface area contributed by atoms with Gasteiger partial charge in [0.25, 0.3) is 0 Å². The summed E-state index contributed by atoms with van der Waals surface area (Å²) in [5.74, 6) is 1.02. The van der Waals surface area contributed by atoms with Crippen molar-refractivity contribution in [3.63, 3.8) is 0 Å². The van der Waals surface area contributed by atoms with Crippen molar-refractivity contribution >= 4 is 34.9 Å². The summed E-state index contributed by atoms with van der Waals surface area (Å²) in [5.41, 5.74) is 2.67. The molecule has 1 fully saturated rings. The predicted octanol–water partition coefficient (Wildman–Crippen LogP) is 6.34. The quantitative estimate of drug-likeness (QED) is 0.0442. The maximum atomic E-state index is 13.7. The van der Waals surface area contributed by atoms with Crippen LogP contribution < -0.4 is 25.8 Å². The van der Waals surface area contributed by atoms with Crippen molar-refractivity contribution < 1.29 is 43.1 Å². The SMILES string of the molecule is COc1ccc(C(OC[C@H]2O[C@@H](n3cc4cc(-c5cccc(N=C(NC(=O)OCCC#N)NC(=O)OCCC#N)c5)n(C)c4nc3=O)C[C@@H]2O)(c2ccccc2)c2ccc(OC)cc2)cc1. The lowest BCUT2D eigenvalue weighted by molar-refractivity contribution is -0.0943. The summed E-state index contributed by atoms with van der Waals surface area (Å²) in [7, 11) is 4.96. The van der Waals surface area contributed by atoms with Crippen LogP contribution in [0.4, 0.5) is 15.3 Å². The Morgan fingerprint density at radius 3 is 2.02 bits per heavy atom. The highest BCUT2D eigenvalue weighted by molar-refractivity contribution is 6.02. The number of aliphatic hydroxyl groups is 1. The Balaban J connectivity index is 1.14. The number of hydrogen-bond donors (Lipinski definition) is 3. The lowest BCUT2D eigenvalue weighted by atomic mass is 9.80. The maximum absolute atomic E-state index is 13.7. The van der Waals surface area contributed by atoms with Crippen molar-refractivity contribution in [1.29, 1.82) is 10.5 Å². The first-order valence-electron chi connectivity index (χ1n) is 20.8. The number of methoxy groups -OCH3 is 2. The number of amides is 2. The molecule has 0 radical (unpaired) electrons. The Morgan fingerprint density at radius 2 is 1.44 bits per heavy atom. The number of rotatable bonds is 15. The van der Waals surface area contributed by atoms with Crippen molar-refractivity contribution in [1.82, 2.24) is 24.8 Å². The second-order valence-electron chi connectivity index (χ2n) is 14.9. The molecule has 66 heavy (non-hydrogen) atoms. The molecule has 2 amide bonds. The number of nitriles is 2. The van der Waals surface area contributed by atoms with Crippen LogP contribution in [0.1, 0.15) is 42.2 Å². The third kappa shape index (κ3) is 10.3. The maximum Gasteiger partial charge on any atom is 0.414 e. The normalized spacial score (nSPS) is 15.5. The number of aliphatic hydroxyl groups excluding tert-OH is 1. The first-order valence-corrected chi connectivity index (χ1v) is 20.8. The molecule has 0 saturated carbocycles. The summed E-state index contributed by atoms with van der Waals surface area (Å²) in [4.78, 5) is 47.3. The van der Waals surface area contributed by atoms with Crippen LogP contribution in [-0.4, -0.2) is 83.6 Å². The van der Waals surface area contributed by atoms with E-state index in [1.807, 2.05) is 97.1 Å². The van der Waals surface area contributed by atoms with Crippen LogP contribution >= 0.6 is 0 Å². The number of ether oxygens (including phenoxy) is 6. The van der Waals surface area contributed by atoms with Crippen LogP contribution in [-0.2, 0) is 31.6 Å². The molecule has 3 heterocycles. The average molecular weight is 895 g/mol. The number of carbonyl (C=O) groups is 2. The van der Waals surface area contributed by atoms with Crippen molar-refractivity contribution in [3.8, 4) is 34.9 Å². The molecule has 4 aromatic carbocycles. The number of nitrogens with zero attached hydrogens (tertiary/aromatic N) is 6. The molecule has 6 aromatic rings. The number of aliphatic imine (C=N–C) groups is 1. The number of fused-ring (bicyclic) bond motifs is 1. The number of hydrogen-bond acceptors (Lipinski definition) is 14. The fourth-order valence-electron chi connectivity index (χ4n) is 7.60.